The molecule has 1 aliphatic heterocycles. The second-order valence-electron chi connectivity index (χ2n) is 5.05. The predicted molar refractivity (Wildman–Crippen MR) is 80.5 cm³/mol. The summed E-state index contributed by atoms with van der Waals surface area (Å²) in [7, 11) is 0. The lowest BCUT2D eigenvalue weighted by atomic mass is 10.2. The van der Waals surface area contributed by atoms with E-state index in [0.29, 0.717) is 0 Å². The molecule has 2 rings (SSSR count). The van der Waals surface area contributed by atoms with E-state index >= 15 is 0 Å². The van der Waals surface area contributed by atoms with Crippen LogP contribution in [0.3, 0.4) is 0 Å². The van der Waals surface area contributed by atoms with Crippen LogP contribution in [-0.4, -0.2) is 39.9 Å². The summed E-state index contributed by atoms with van der Waals surface area (Å²) in [5.74, 6) is -2.26. The Balaban J connectivity index is 1.95. The van der Waals surface area contributed by atoms with Gasteiger partial charge in [0.05, 0.1) is 10.8 Å². The van der Waals surface area contributed by atoms with E-state index in [1.165, 1.54) is 6.07 Å². The molecule has 2 atom stereocenters. The molecule has 0 aliphatic carbocycles. The SMILES string of the molecule is O=C(C[C@H]1SC[C@@H](C(=O)O)NC1=O)Nc1cccc(C(F)(F)F)c1. The largest absolute Gasteiger partial charge is 0.480 e. The lowest BCUT2D eigenvalue weighted by Crippen LogP contribution is -2.51. The third-order valence-corrected chi connectivity index (χ3v) is 4.52. The van der Waals surface area contributed by atoms with Gasteiger partial charge in [-0.05, 0) is 18.2 Å². The standard InChI is InChI=1S/C14H13F3N2O4S/c15-14(16,17)7-2-1-3-8(4-7)18-11(20)5-10-12(21)19-9(6-24-10)13(22)23/h1-4,9-10H,5-6H2,(H,18,20)(H,19,21)(H,22,23)/t9-,10+/m0/s1. The van der Waals surface area contributed by atoms with Crippen molar-refractivity contribution in [2.45, 2.75) is 23.9 Å². The first kappa shape index (κ1) is 18.1. The van der Waals surface area contributed by atoms with Crippen LogP contribution in [0.2, 0.25) is 0 Å². The first-order chi connectivity index (χ1) is 11.2. The van der Waals surface area contributed by atoms with Crippen LogP contribution >= 0.6 is 11.8 Å². The van der Waals surface area contributed by atoms with E-state index in [0.717, 1.165) is 30.0 Å². The van der Waals surface area contributed by atoms with Crippen LogP contribution in [0.5, 0.6) is 0 Å². The molecule has 0 unspecified atom stereocenters. The molecular weight excluding hydrogens is 349 g/mol. The Hall–Kier alpha value is -2.23. The number of hydrogen-bond acceptors (Lipinski definition) is 4. The number of carbonyl (C=O) groups is 3. The number of nitrogens with one attached hydrogen (secondary N) is 2. The molecule has 3 N–H and O–H groups in total. The van der Waals surface area contributed by atoms with E-state index < -0.39 is 40.8 Å². The van der Waals surface area contributed by atoms with Gasteiger partial charge in [0.15, 0.2) is 0 Å². The Morgan fingerprint density at radius 1 is 1.38 bits per heavy atom. The number of rotatable bonds is 4. The van der Waals surface area contributed by atoms with Crippen LogP contribution in [0.15, 0.2) is 24.3 Å². The topological polar surface area (TPSA) is 95.5 Å². The average Bonchev–Trinajstić information content (AvgIpc) is 2.48. The lowest BCUT2D eigenvalue weighted by molar-refractivity contribution is -0.141. The summed E-state index contributed by atoms with van der Waals surface area (Å²) in [6, 6.07) is 3.14. The molecule has 130 valence electrons. The Bertz CT molecular complexity index is 666. The van der Waals surface area contributed by atoms with E-state index in [2.05, 4.69) is 10.6 Å². The monoisotopic (exact) mass is 362 g/mol. The minimum atomic E-state index is -4.52. The third-order valence-electron chi connectivity index (χ3n) is 3.22. The summed E-state index contributed by atoms with van der Waals surface area (Å²) in [5.41, 5.74) is -0.922. The number of amides is 2. The van der Waals surface area contributed by atoms with Crippen molar-refractivity contribution in [3.8, 4) is 0 Å². The molecule has 0 aromatic heterocycles. The molecule has 1 heterocycles. The molecule has 1 fully saturated rings. The maximum absolute atomic E-state index is 12.6. The molecule has 10 heteroatoms. The fourth-order valence-electron chi connectivity index (χ4n) is 2.03. The maximum Gasteiger partial charge on any atom is 0.416 e. The quantitative estimate of drug-likeness (QED) is 0.758. The fourth-order valence-corrected chi connectivity index (χ4v) is 3.17. The molecule has 6 nitrogen and oxygen atoms in total. The van der Waals surface area contributed by atoms with Crippen molar-refractivity contribution in [3.63, 3.8) is 0 Å². The van der Waals surface area contributed by atoms with Crippen LogP contribution in [0, 0.1) is 0 Å². The fraction of sp³-hybridized carbons (Fsp3) is 0.357. The third kappa shape index (κ3) is 4.63. The molecule has 1 aromatic rings. The van der Waals surface area contributed by atoms with E-state index in [-0.39, 0.29) is 17.9 Å². The summed E-state index contributed by atoms with van der Waals surface area (Å²) in [6.45, 7) is 0. The zero-order valence-electron chi connectivity index (χ0n) is 12.1. The van der Waals surface area contributed by atoms with Gasteiger partial charge in [0.25, 0.3) is 0 Å². The summed E-state index contributed by atoms with van der Waals surface area (Å²) in [6.07, 6.45) is -4.79. The first-order valence-corrected chi connectivity index (χ1v) is 7.83. The molecule has 2 amide bonds. The van der Waals surface area contributed by atoms with Gasteiger partial charge >= 0.3 is 12.1 Å². The van der Waals surface area contributed by atoms with Crippen LogP contribution < -0.4 is 10.6 Å². The Morgan fingerprint density at radius 2 is 2.08 bits per heavy atom. The Morgan fingerprint density at radius 3 is 2.67 bits per heavy atom. The van der Waals surface area contributed by atoms with Crippen LogP contribution in [0.25, 0.3) is 0 Å². The molecule has 1 saturated heterocycles. The van der Waals surface area contributed by atoms with Crippen molar-refractivity contribution in [3.05, 3.63) is 29.8 Å². The Labute approximate surface area is 138 Å². The van der Waals surface area contributed by atoms with Crippen molar-refractivity contribution >= 4 is 35.2 Å². The average molecular weight is 362 g/mol. The number of carbonyl (C=O) groups excluding carboxylic acids is 2. The zero-order valence-corrected chi connectivity index (χ0v) is 12.9. The smallest absolute Gasteiger partial charge is 0.416 e. The number of halogens is 3. The van der Waals surface area contributed by atoms with Gasteiger partial charge < -0.3 is 15.7 Å². The van der Waals surface area contributed by atoms with Gasteiger partial charge in [0.2, 0.25) is 11.8 Å². The van der Waals surface area contributed by atoms with Crippen molar-refractivity contribution in [1.82, 2.24) is 5.32 Å². The summed E-state index contributed by atoms with van der Waals surface area (Å²) >= 11 is 1.02. The van der Waals surface area contributed by atoms with Crippen molar-refractivity contribution in [2.75, 3.05) is 11.1 Å². The molecule has 0 saturated carbocycles. The number of hydrogen-bond donors (Lipinski definition) is 3. The second-order valence-corrected chi connectivity index (χ2v) is 6.29. The highest BCUT2D eigenvalue weighted by molar-refractivity contribution is 8.00. The number of carboxylic acids is 1. The number of anilines is 1. The number of thioether (sulfide) groups is 1. The van der Waals surface area contributed by atoms with Gasteiger partial charge in [0.1, 0.15) is 6.04 Å². The molecule has 1 aromatic carbocycles. The summed E-state index contributed by atoms with van der Waals surface area (Å²) in [5, 5.41) is 12.6. The highest BCUT2D eigenvalue weighted by Gasteiger charge is 2.34. The van der Waals surface area contributed by atoms with Crippen LogP contribution in [0.1, 0.15) is 12.0 Å². The molecular formula is C14H13F3N2O4S. The minimum Gasteiger partial charge on any atom is -0.480 e. The van der Waals surface area contributed by atoms with Crippen LogP contribution in [0.4, 0.5) is 18.9 Å². The summed E-state index contributed by atoms with van der Waals surface area (Å²) in [4.78, 5) is 34.4. The zero-order chi connectivity index (χ0) is 17.9. The number of benzene rings is 1. The van der Waals surface area contributed by atoms with Gasteiger partial charge in [-0.2, -0.15) is 13.2 Å². The van der Waals surface area contributed by atoms with Crippen molar-refractivity contribution in [1.29, 1.82) is 0 Å². The molecule has 0 radical (unpaired) electrons. The first-order valence-electron chi connectivity index (χ1n) is 6.78. The predicted octanol–water partition coefficient (Wildman–Crippen LogP) is 1.72. The van der Waals surface area contributed by atoms with Gasteiger partial charge in [-0.1, -0.05) is 6.07 Å². The molecule has 1 aliphatic rings. The van der Waals surface area contributed by atoms with E-state index in [4.69, 9.17) is 5.11 Å². The number of carboxylic acid groups (broad SMARTS) is 1. The van der Waals surface area contributed by atoms with Gasteiger partial charge in [-0.3, -0.25) is 9.59 Å². The van der Waals surface area contributed by atoms with E-state index in [1.54, 1.807) is 0 Å². The minimum absolute atomic E-state index is 0.0283. The second kappa shape index (κ2) is 7.12. The van der Waals surface area contributed by atoms with E-state index in [9.17, 15) is 27.6 Å². The maximum atomic E-state index is 12.6. The molecule has 24 heavy (non-hydrogen) atoms. The highest BCUT2D eigenvalue weighted by atomic mass is 32.2. The van der Waals surface area contributed by atoms with Gasteiger partial charge in [0, 0.05) is 17.9 Å². The van der Waals surface area contributed by atoms with Crippen molar-refractivity contribution < 1.29 is 32.7 Å². The normalized spacial score (nSPS) is 21.0. The van der Waals surface area contributed by atoms with Crippen molar-refractivity contribution in [2.24, 2.45) is 0 Å². The number of aliphatic carboxylic acids is 1. The van der Waals surface area contributed by atoms with Crippen LogP contribution in [-0.2, 0) is 20.6 Å². The molecule has 0 bridgehead atoms. The number of alkyl halides is 3. The summed E-state index contributed by atoms with van der Waals surface area (Å²) < 4.78 is 37.8. The highest BCUT2D eigenvalue weighted by Crippen LogP contribution is 2.30. The van der Waals surface area contributed by atoms with Gasteiger partial charge in [-0.25, -0.2) is 4.79 Å². The Kier molecular flexibility index (Phi) is 5.37. The molecule has 0 spiro atoms. The van der Waals surface area contributed by atoms with E-state index in [1.807, 2.05) is 0 Å². The van der Waals surface area contributed by atoms with Gasteiger partial charge in [-0.15, -0.1) is 11.8 Å². The lowest BCUT2D eigenvalue weighted by Gasteiger charge is -2.25.